The van der Waals surface area contributed by atoms with Gasteiger partial charge in [-0.1, -0.05) is 0 Å². The van der Waals surface area contributed by atoms with Crippen LogP contribution in [0.4, 0.5) is 0 Å². The predicted molar refractivity (Wildman–Crippen MR) is 41.8 cm³/mol. The molecule has 0 bridgehead atoms. The van der Waals surface area contributed by atoms with Gasteiger partial charge in [-0.3, -0.25) is 0 Å². The van der Waals surface area contributed by atoms with E-state index < -0.39 is 11.9 Å². The standard InChI is InChI=1S/C7H6N2O4/c10-5(11)3-4(7(12)13)6-8-1-2-9-6/h1-3H,(H,8,9)(H,10,11)(H,12,13). The first-order valence-corrected chi connectivity index (χ1v) is 3.29. The van der Waals surface area contributed by atoms with Gasteiger partial charge in [-0.05, 0) is 0 Å². The number of nitrogens with zero attached hydrogens (tertiary/aromatic N) is 1. The number of imidazole rings is 1. The Labute approximate surface area is 72.5 Å². The van der Waals surface area contributed by atoms with Crippen LogP contribution in [0.2, 0.25) is 0 Å². The Bertz CT molecular complexity index is 353. The van der Waals surface area contributed by atoms with Gasteiger partial charge < -0.3 is 15.2 Å². The minimum atomic E-state index is -1.34. The number of carboxylic acids is 2. The highest BCUT2D eigenvalue weighted by molar-refractivity contribution is 6.18. The molecule has 0 radical (unpaired) electrons. The van der Waals surface area contributed by atoms with E-state index in [0.29, 0.717) is 6.08 Å². The van der Waals surface area contributed by atoms with E-state index in [-0.39, 0.29) is 11.4 Å². The van der Waals surface area contributed by atoms with E-state index in [2.05, 4.69) is 9.97 Å². The van der Waals surface area contributed by atoms with E-state index in [1.54, 1.807) is 0 Å². The Balaban J connectivity index is 3.08. The fraction of sp³-hybridized carbons (Fsp3) is 0. The van der Waals surface area contributed by atoms with Crippen LogP contribution in [-0.4, -0.2) is 32.1 Å². The first-order chi connectivity index (χ1) is 6.11. The number of hydrogen-bond acceptors (Lipinski definition) is 3. The maximum absolute atomic E-state index is 10.5. The molecule has 0 aromatic carbocycles. The zero-order valence-corrected chi connectivity index (χ0v) is 6.39. The fourth-order valence-corrected chi connectivity index (χ4v) is 0.767. The number of carboxylic acid groups (broad SMARTS) is 2. The molecule has 0 aliphatic carbocycles. The second-order valence-corrected chi connectivity index (χ2v) is 2.14. The van der Waals surface area contributed by atoms with Crippen LogP contribution in [-0.2, 0) is 9.59 Å². The van der Waals surface area contributed by atoms with Crippen molar-refractivity contribution in [3.8, 4) is 0 Å². The minimum absolute atomic E-state index is 0.0231. The van der Waals surface area contributed by atoms with Gasteiger partial charge in [0.15, 0.2) is 0 Å². The molecule has 68 valence electrons. The van der Waals surface area contributed by atoms with E-state index in [4.69, 9.17) is 10.2 Å². The van der Waals surface area contributed by atoms with Gasteiger partial charge in [0.25, 0.3) is 0 Å². The monoisotopic (exact) mass is 182 g/mol. The molecule has 6 nitrogen and oxygen atoms in total. The average Bonchev–Trinajstić information content (AvgIpc) is 2.50. The zero-order valence-electron chi connectivity index (χ0n) is 6.39. The molecule has 0 unspecified atom stereocenters. The van der Waals surface area contributed by atoms with Gasteiger partial charge in [-0.25, -0.2) is 14.6 Å². The summed E-state index contributed by atoms with van der Waals surface area (Å²) < 4.78 is 0. The van der Waals surface area contributed by atoms with Gasteiger partial charge in [-0.2, -0.15) is 0 Å². The van der Waals surface area contributed by atoms with Crippen molar-refractivity contribution in [1.29, 1.82) is 0 Å². The topological polar surface area (TPSA) is 103 Å². The van der Waals surface area contributed by atoms with E-state index >= 15 is 0 Å². The fourth-order valence-electron chi connectivity index (χ4n) is 0.767. The first kappa shape index (κ1) is 8.98. The van der Waals surface area contributed by atoms with E-state index in [1.807, 2.05) is 0 Å². The molecule has 6 heteroatoms. The molecule has 1 rings (SSSR count). The molecular formula is C7H6N2O4. The van der Waals surface area contributed by atoms with E-state index in [9.17, 15) is 9.59 Å². The van der Waals surface area contributed by atoms with Gasteiger partial charge >= 0.3 is 11.9 Å². The molecule has 0 aliphatic rings. The second-order valence-electron chi connectivity index (χ2n) is 2.14. The van der Waals surface area contributed by atoms with Gasteiger partial charge in [0.05, 0.1) is 0 Å². The van der Waals surface area contributed by atoms with Crippen molar-refractivity contribution in [1.82, 2.24) is 9.97 Å². The predicted octanol–water partition coefficient (Wildman–Crippen LogP) is -0.0377. The number of aliphatic carboxylic acids is 2. The van der Waals surface area contributed by atoms with Gasteiger partial charge in [0, 0.05) is 18.5 Å². The van der Waals surface area contributed by atoms with Crippen molar-refractivity contribution < 1.29 is 19.8 Å². The van der Waals surface area contributed by atoms with Crippen LogP contribution in [0.25, 0.3) is 5.57 Å². The smallest absolute Gasteiger partial charge is 0.339 e. The molecule has 0 saturated heterocycles. The lowest BCUT2D eigenvalue weighted by Gasteiger charge is -1.94. The number of aromatic nitrogens is 2. The lowest BCUT2D eigenvalue weighted by atomic mass is 10.2. The second kappa shape index (κ2) is 3.53. The maximum atomic E-state index is 10.5. The highest BCUT2D eigenvalue weighted by Crippen LogP contribution is 2.08. The lowest BCUT2D eigenvalue weighted by Crippen LogP contribution is -2.04. The number of hydrogen-bond donors (Lipinski definition) is 3. The van der Waals surface area contributed by atoms with Gasteiger partial charge in [0.2, 0.25) is 0 Å². The maximum Gasteiger partial charge on any atom is 0.339 e. The molecule has 1 aromatic rings. The molecule has 3 N–H and O–H groups in total. The zero-order chi connectivity index (χ0) is 9.84. The molecule has 0 saturated carbocycles. The molecule has 0 atom stereocenters. The molecule has 13 heavy (non-hydrogen) atoms. The average molecular weight is 182 g/mol. The largest absolute Gasteiger partial charge is 0.478 e. The SMILES string of the molecule is O=C(O)C=C(C(=O)O)c1ncc[nH]1. The van der Waals surface area contributed by atoms with Crippen molar-refractivity contribution in [3.63, 3.8) is 0 Å². The summed E-state index contributed by atoms with van der Waals surface area (Å²) in [6.45, 7) is 0. The first-order valence-electron chi connectivity index (χ1n) is 3.29. The normalized spacial score (nSPS) is 11.2. The van der Waals surface area contributed by atoms with Crippen molar-refractivity contribution in [2.24, 2.45) is 0 Å². The molecule has 0 amide bonds. The number of rotatable bonds is 3. The third kappa shape index (κ3) is 2.16. The summed E-state index contributed by atoms with van der Waals surface area (Å²) in [5, 5.41) is 17.0. The molecule has 0 aliphatic heterocycles. The Morgan fingerprint density at radius 2 is 2.15 bits per heavy atom. The summed E-state index contributed by atoms with van der Waals surface area (Å²) in [4.78, 5) is 26.9. The lowest BCUT2D eigenvalue weighted by molar-refractivity contribution is -0.133. The number of carbonyl (C=O) groups is 2. The number of nitrogens with one attached hydrogen (secondary N) is 1. The quantitative estimate of drug-likeness (QED) is 0.569. The third-order valence-electron chi connectivity index (χ3n) is 1.25. The van der Waals surface area contributed by atoms with Gasteiger partial charge in [0.1, 0.15) is 11.4 Å². The van der Waals surface area contributed by atoms with E-state index in [0.717, 1.165) is 0 Å². The Morgan fingerprint density at radius 1 is 1.46 bits per heavy atom. The Morgan fingerprint density at radius 3 is 2.54 bits per heavy atom. The van der Waals surface area contributed by atoms with Crippen LogP contribution in [0.15, 0.2) is 18.5 Å². The van der Waals surface area contributed by atoms with Crippen LogP contribution in [0.3, 0.4) is 0 Å². The van der Waals surface area contributed by atoms with Crippen LogP contribution in [0, 0.1) is 0 Å². The minimum Gasteiger partial charge on any atom is -0.478 e. The summed E-state index contributed by atoms with van der Waals surface area (Å²) in [5.41, 5.74) is -0.377. The summed E-state index contributed by atoms with van der Waals surface area (Å²) >= 11 is 0. The number of aromatic amines is 1. The molecule has 0 fully saturated rings. The van der Waals surface area contributed by atoms with Crippen LogP contribution < -0.4 is 0 Å². The van der Waals surface area contributed by atoms with Gasteiger partial charge in [-0.15, -0.1) is 0 Å². The van der Waals surface area contributed by atoms with Crippen molar-refractivity contribution in [3.05, 3.63) is 24.3 Å². The van der Waals surface area contributed by atoms with Crippen molar-refractivity contribution >= 4 is 17.5 Å². The Hall–Kier alpha value is -2.11. The van der Waals surface area contributed by atoms with Crippen molar-refractivity contribution in [2.45, 2.75) is 0 Å². The summed E-state index contributed by atoms with van der Waals surface area (Å²) in [6.07, 6.45) is 3.34. The van der Waals surface area contributed by atoms with Crippen molar-refractivity contribution in [2.75, 3.05) is 0 Å². The Kier molecular flexibility index (Phi) is 2.44. The third-order valence-corrected chi connectivity index (χ3v) is 1.25. The van der Waals surface area contributed by atoms with Crippen LogP contribution in [0.1, 0.15) is 5.82 Å². The highest BCUT2D eigenvalue weighted by Gasteiger charge is 2.13. The molecule has 1 aromatic heterocycles. The summed E-state index contributed by atoms with van der Waals surface area (Å²) in [5.74, 6) is -2.64. The summed E-state index contributed by atoms with van der Waals surface area (Å²) in [6, 6.07) is 0. The number of H-pyrrole nitrogens is 1. The molecule has 0 spiro atoms. The summed E-state index contributed by atoms with van der Waals surface area (Å²) in [7, 11) is 0. The van der Waals surface area contributed by atoms with E-state index in [1.165, 1.54) is 12.4 Å². The van der Waals surface area contributed by atoms with Crippen LogP contribution in [0.5, 0.6) is 0 Å². The van der Waals surface area contributed by atoms with Crippen LogP contribution >= 0.6 is 0 Å². The molecular weight excluding hydrogens is 176 g/mol. The highest BCUT2D eigenvalue weighted by atomic mass is 16.4. The molecule has 1 heterocycles.